The Kier molecular flexibility index (Phi) is 5.51. The average molecular weight is 387 g/mol. The van der Waals surface area contributed by atoms with Gasteiger partial charge in [0.1, 0.15) is 5.75 Å². The minimum absolute atomic E-state index is 0. The number of halogens is 1. The van der Waals surface area contributed by atoms with Gasteiger partial charge in [-0.25, -0.2) is 0 Å². The lowest BCUT2D eigenvalue weighted by molar-refractivity contribution is 0.340. The first kappa shape index (κ1) is 15.4. The van der Waals surface area contributed by atoms with Crippen molar-refractivity contribution in [1.82, 2.24) is 10.6 Å². The molecule has 4 nitrogen and oxygen atoms in total. The van der Waals surface area contributed by atoms with Crippen molar-refractivity contribution in [2.75, 3.05) is 19.7 Å². The predicted octanol–water partition coefficient (Wildman–Crippen LogP) is 2.50. The summed E-state index contributed by atoms with van der Waals surface area (Å²) in [5.41, 5.74) is 1.36. The molecule has 0 unspecified atom stereocenters. The van der Waals surface area contributed by atoms with Gasteiger partial charge in [-0.3, -0.25) is 4.99 Å². The Morgan fingerprint density at radius 2 is 2.35 bits per heavy atom. The molecular weight excluding hydrogens is 365 g/mol. The molecule has 2 aliphatic rings. The third-order valence-corrected chi connectivity index (χ3v) is 3.61. The summed E-state index contributed by atoms with van der Waals surface area (Å²) in [4.78, 5) is 4.45. The van der Waals surface area contributed by atoms with Crippen LogP contribution in [0.3, 0.4) is 0 Å². The molecule has 2 N–H and O–H groups in total. The van der Waals surface area contributed by atoms with Crippen LogP contribution < -0.4 is 15.4 Å². The number of hydrogen-bond acceptors (Lipinski definition) is 4. The fraction of sp³-hybridized carbons (Fsp3) is 0.533. The first-order valence-electron chi connectivity index (χ1n) is 7.14. The predicted molar refractivity (Wildman–Crippen MR) is 92.2 cm³/mol. The van der Waals surface area contributed by atoms with Gasteiger partial charge < -0.3 is 15.4 Å². The number of aliphatic imine (C=N–C) groups is 1. The van der Waals surface area contributed by atoms with E-state index in [1.54, 1.807) is 0 Å². The van der Waals surface area contributed by atoms with E-state index in [1.807, 2.05) is 13.0 Å². The maximum Gasteiger partial charge on any atom is 0.191 e. The Balaban J connectivity index is 0.00000147. The number of rotatable bonds is 4. The molecule has 5 heteroatoms. The highest BCUT2D eigenvalue weighted by atomic mass is 127. The fourth-order valence-electron chi connectivity index (χ4n) is 2.53. The van der Waals surface area contributed by atoms with E-state index in [9.17, 15) is 0 Å². The highest BCUT2D eigenvalue weighted by Crippen LogP contribution is 2.41. The van der Waals surface area contributed by atoms with E-state index in [0.29, 0.717) is 12.0 Å². The van der Waals surface area contributed by atoms with Crippen molar-refractivity contribution in [3.63, 3.8) is 0 Å². The Hall–Kier alpha value is -0.980. The van der Waals surface area contributed by atoms with Crippen molar-refractivity contribution >= 4 is 29.9 Å². The second-order valence-corrected chi connectivity index (χ2v) is 5.11. The molecule has 110 valence electrons. The van der Waals surface area contributed by atoms with E-state index in [0.717, 1.165) is 37.8 Å². The van der Waals surface area contributed by atoms with Gasteiger partial charge in [-0.1, -0.05) is 12.1 Å². The monoisotopic (exact) mass is 387 g/mol. The highest BCUT2D eigenvalue weighted by molar-refractivity contribution is 14.0. The van der Waals surface area contributed by atoms with Gasteiger partial charge in [0.15, 0.2) is 5.96 Å². The molecule has 1 heterocycles. The highest BCUT2D eigenvalue weighted by Gasteiger charge is 2.39. The summed E-state index contributed by atoms with van der Waals surface area (Å²) in [6.45, 7) is 4.70. The third-order valence-electron chi connectivity index (χ3n) is 3.61. The molecule has 1 aromatic carbocycles. The van der Waals surface area contributed by atoms with Crippen LogP contribution in [-0.2, 0) is 0 Å². The largest absolute Gasteiger partial charge is 0.494 e. The number of guanidine groups is 1. The number of nitrogens with one attached hydrogen (secondary N) is 2. The number of hydrogen-bond donors (Lipinski definition) is 2. The lowest BCUT2D eigenvalue weighted by atomic mass is 10.1. The molecule has 0 bridgehead atoms. The second kappa shape index (κ2) is 7.15. The van der Waals surface area contributed by atoms with Crippen LogP contribution in [0.25, 0.3) is 0 Å². The fourth-order valence-corrected chi connectivity index (χ4v) is 2.53. The Morgan fingerprint density at radius 1 is 1.45 bits per heavy atom. The zero-order valence-corrected chi connectivity index (χ0v) is 14.1. The minimum Gasteiger partial charge on any atom is -0.494 e. The third kappa shape index (κ3) is 3.77. The van der Waals surface area contributed by atoms with Gasteiger partial charge in [0.05, 0.1) is 6.61 Å². The molecule has 1 aliphatic carbocycles. The van der Waals surface area contributed by atoms with Crippen LogP contribution in [0.15, 0.2) is 29.3 Å². The lowest BCUT2D eigenvalue weighted by Crippen LogP contribution is -2.42. The Labute approximate surface area is 137 Å². The molecule has 2 atom stereocenters. The molecule has 0 aromatic heterocycles. The van der Waals surface area contributed by atoms with Gasteiger partial charge in [0.25, 0.3) is 0 Å². The Morgan fingerprint density at radius 3 is 3.10 bits per heavy atom. The molecule has 0 amide bonds. The smallest absolute Gasteiger partial charge is 0.191 e. The van der Waals surface area contributed by atoms with Crippen LogP contribution in [0.2, 0.25) is 0 Å². The van der Waals surface area contributed by atoms with Crippen molar-refractivity contribution in [3.05, 3.63) is 29.8 Å². The summed E-state index contributed by atoms with van der Waals surface area (Å²) in [5.74, 6) is 2.53. The Bertz CT molecular complexity index is 478. The van der Waals surface area contributed by atoms with Crippen molar-refractivity contribution in [1.29, 1.82) is 0 Å². The quantitative estimate of drug-likeness (QED) is 0.781. The van der Waals surface area contributed by atoms with Gasteiger partial charge in [-0.2, -0.15) is 0 Å². The van der Waals surface area contributed by atoms with E-state index in [4.69, 9.17) is 4.74 Å². The maximum atomic E-state index is 5.55. The van der Waals surface area contributed by atoms with E-state index < -0.39 is 0 Å². The first-order valence-corrected chi connectivity index (χ1v) is 7.14. The molecule has 0 radical (unpaired) electrons. The number of ether oxygens (including phenoxy) is 1. The van der Waals surface area contributed by atoms with Crippen LogP contribution in [0.4, 0.5) is 0 Å². The normalized spacial score (nSPS) is 23.9. The number of benzene rings is 1. The summed E-state index contributed by atoms with van der Waals surface area (Å²) in [5, 5.41) is 6.80. The summed E-state index contributed by atoms with van der Waals surface area (Å²) >= 11 is 0. The van der Waals surface area contributed by atoms with Crippen LogP contribution >= 0.6 is 24.0 Å². The van der Waals surface area contributed by atoms with Crippen LogP contribution in [0, 0.1) is 0 Å². The molecular formula is C15H22IN3O. The van der Waals surface area contributed by atoms with Crippen LogP contribution in [0.5, 0.6) is 5.75 Å². The number of nitrogens with zero attached hydrogens (tertiary/aromatic N) is 1. The summed E-state index contributed by atoms with van der Waals surface area (Å²) < 4.78 is 5.55. The molecule has 0 spiro atoms. The zero-order chi connectivity index (χ0) is 13.1. The molecule has 1 saturated carbocycles. The zero-order valence-electron chi connectivity index (χ0n) is 11.8. The van der Waals surface area contributed by atoms with Gasteiger partial charge in [-0.15, -0.1) is 24.0 Å². The van der Waals surface area contributed by atoms with E-state index in [2.05, 4.69) is 33.8 Å². The molecule has 0 saturated heterocycles. The van der Waals surface area contributed by atoms with Crippen molar-refractivity contribution < 1.29 is 4.74 Å². The summed E-state index contributed by atoms with van der Waals surface area (Å²) in [6, 6.07) is 8.95. The van der Waals surface area contributed by atoms with Gasteiger partial charge in [0, 0.05) is 25.0 Å². The van der Waals surface area contributed by atoms with Gasteiger partial charge >= 0.3 is 0 Å². The molecule has 3 rings (SSSR count). The molecule has 1 fully saturated rings. The molecule has 1 aliphatic heterocycles. The van der Waals surface area contributed by atoms with Crippen LogP contribution in [0.1, 0.15) is 31.2 Å². The molecule has 20 heavy (non-hydrogen) atoms. The van der Waals surface area contributed by atoms with Crippen molar-refractivity contribution in [3.8, 4) is 5.75 Å². The average Bonchev–Trinajstić information content (AvgIpc) is 3.20. The van der Waals surface area contributed by atoms with Gasteiger partial charge in [0.2, 0.25) is 0 Å². The van der Waals surface area contributed by atoms with E-state index >= 15 is 0 Å². The summed E-state index contributed by atoms with van der Waals surface area (Å²) in [6.07, 6.45) is 2.31. The lowest BCUT2D eigenvalue weighted by Gasteiger charge is -2.16. The second-order valence-electron chi connectivity index (χ2n) is 5.11. The SMILES string of the molecule is CCOc1cccc([C@@H]2C[C@H]2NC2=NCCCN2)c1.I. The van der Waals surface area contributed by atoms with Crippen LogP contribution in [-0.4, -0.2) is 31.7 Å². The topological polar surface area (TPSA) is 45.6 Å². The van der Waals surface area contributed by atoms with E-state index in [1.165, 1.54) is 12.0 Å². The van der Waals surface area contributed by atoms with Crippen molar-refractivity contribution in [2.45, 2.75) is 31.7 Å². The van der Waals surface area contributed by atoms with Gasteiger partial charge in [-0.05, 0) is 37.5 Å². The first-order chi connectivity index (χ1) is 9.36. The minimum atomic E-state index is 0. The standard InChI is InChI=1S/C15H21N3O.HI/c1-2-19-12-6-3-5-11(9-12)13-10-14(13)18-15-16-7-4-8-17-15;/h3,5-6,9,13-14H,2,4,7-8,10H2,1H3,(H2,16,17,18);1H/t13-,14+;/m0./s1. The van der Waals surface area contributed by atoms with E-state index in [-0.39, 0.29) is 24.0 Å². The van der Waals surface area contributed by atoms with Crippen molar-refractivity contribution in [2.24, 2.45) is 4.99 Å². The maximum absolute atomic E-state index is 5.55. The molecule has 1 aromatic rings. The summed E-state index contributed by atoms with van der Waals surface area (Å²) in [7, 11) is 0.